The third-order valence-electron chi connectivity index (χ3n) is 3.66. The number of ketones is 1. The number of carbonyl (C=O) groups is 2. The van der Waals surface area contributed by atoms with Gasteiger partial charge in [0.1, 0.15) is 5.75 Å². The molecular formula is C18H18ClNO6S. The van der Waals surface area contributed by atoms with Crippen LogP contribution in [0.3, 0.4) is 0 Å². The van der Waals surface area contributed by atoms with Crippen molar-refractivity contribution in [1.29, 1.82) is 0 Å². The smallest absolute Gasteiger partial charge is 0.338 e. The molecule has 0 saturated heterocycles. The van der Waals surface area contributed by atoms with Crippen molar-refractivity contribution in [3.63, 3.8) is 0 Å². The fraction of sp³-hybridized carbons (Fsp3) is 0.222. The number of sulfonamides is 1. The molecule has 0 aromatic heterocycles. The molecule has 0 N–H and O–H groups in total. The van der Waals surface area contributed by atoms with Gasteiger partial charge in [0.15, 0.2) is 12.4 Å². The lowest BCUT2D eigenvalue weighted by Gasteiger charge is -2.12. The van der Waals surface area contributed by atoms with Crippen LogP contribution in [0, 0.1) is 0 Å². The van der Waals surface area contributed by atoms with Crippen LogP contribution in [0.1, 0.15) is 20.7 Å². The summed E-state index contributed by atoms with van der Waals surface area (Å²) in [6.45, 7) is -0.508. The fourth-order valence-electron chi connectivity index (χ4n) is 2.13. The van der Waals surface area contributed by atoms with Gasteiger partial charge in [-0.3, -0.25) is 4.79 Å². The number of benzene rings is 2. The van der Waals surface area contributed by atoms with E-state index in [-0.39, 0.29) is 21.0 Å². The van der Waals surface area contributed by atoms with E-state index in [0.29, 0.717) is 5.75 Å². The second-order valence-electron chi connectivity index (χ2n) is 5.66. The minimum absolute atomic E-state index is 0.0264. The first-order chi connectivity index (χ1) is 12.7. The highest BCUT2D eigenvalue weighted by atomic mass is 35.5. The lowest BCUT2D eigenvalue weighted by Crippen LogP contribution is -2.22. The highest BCUT2D eigenvalue weighted by molar-refractivity contribution is 7.89. The standard InChI is InChI=1S/C18H18ClNO6S/c1-20(2)27(23,24)14-6-4-5-13(9-14)18(22)26-11-16(21)12-7-8-17(25-3)15(19)10-12/h4-10H,11H2,1-3H3. The molecule has 0 aliphatic rings. The van der Waals surface area contributed by atoms with Gasteiger partial charge in [-0.1, -0.05) is 17.7 Å². The molecule has 27 heavy (non-hydrogen) atoms. The average Bonchev–Trinajstić information content (AvgIpc) is 2.65. The molecule has 2 aromatic rings. The van der Waals surface area contributed by atoms with E-state index in [2.05, 4.69) is 0 Å². The Morgan fingerprint density at radius 1 is 1.07 bits per heavy atom. The predicted molar refractivity (Wildman–Crippen MR) is 99.9 cm³/mol. The highest BCUT2D eigenvalue weighted by Crippen LogP contribution is 2.25. The Morgan fingerprint density at radius 2 is 1.78 bits per heavy atom. The van der Waals surface area contributed by atoms with Crippen LogP contribution in [0.25, 0.3) is 0 Å². The number of hydrogen-bond donors (Lipinski definition) is 0. The minimum atomic E-state index is -3.69. The molecule has 0 fully saturated rings. The number of hydrogen-bond acceptors (Lipinski definition) is 6. The summed E-state index contributed by atoms with van der Waals surface area (Å²) in [7, 11) is 0.543. The van der Waals surface area contributed by atoms with Gasteiger partial charge in [0.2, 0.25) is 10.0 Å². The molecule has 0 heterocycles. The van der Waals surface area contributed by atoms with Crippen molar-refractivity contribution in [1.82, 2.24) is 4.31 Å². The third kappa shape index (κ3) is 4.85. The first kappa shape index (κ1) is 20.9. The Balaban J connectivity index is 2.10. The fourth-order valence-corrected chi connectivity index (χ4v) is 3.34. The monoisotopic (exact) mass is 411 g/mol. The largest absolute Gasteiger partial charge is 0.495 e. The van der Waals surface area contributed by atoms with E-state index < -0.39 is 28.4 Å². The topological polar surface area (TPSA) is 90.0 Å². The van der Waals surface area contributed by atoms with Crippen molar-refractivity contribution >= 4 is 33.4 Å². The van der Waals surface area contributed by atoms with E-state index in [9.17, 15) is 18.0 Å². The number of Topliss-reactive ketones (excluding diaryl/α,β-unsaturated/α-hetero) is 1. The zero-order chi connectivity index (χ0) is 20.2. The number of nitrogens with zero attached hydrogens (tertiary/aromatic N) is 1. The Morgan fingerprint density at radius 3 is 2.37 bits per heavy atom. The molecule has 0 aliphatic carbocycles. The van der Waals surface area contributed by atoms with Crippen LogP contribution in [0.5, 0.6) is 5.75 Å². The third-order valence-corrected chi connectivity index (χ3v) is 5.76. The lowest BCUT2D eigenvalue weighted by atomic mass is 10.1. The minimum Gasteiger partial charge on any atom is -0.495 e. The van der Waals surface area contributed by atoms with Crippen LogP contribution in [-0.4, -0.2) is 52.3 Å². The Kier molecular flexibility index (Phi) is 6.59. The molecule has 0 saturated carbocycles. The molecule has 7 nitrogen and oxygen atoms in total. The Labute approximate surface area is 162 Å². The van der Waals surface area contributed by atoms with Gasteiger partial charge in [-0.25, -0.2) is 17.5 Å². The van der Waals surface area contributed by atoms with E-state index in [1.165, 1.54) is 63.7 Å². The molecule has 2 aromatic carbocycles. The first-order valence-corrected chi connectivity index (χ1v) is 9.55. The molecule has 0 aliphatic heterocycles. The molecule has 0 bridgehead atoms. The van der Waals surface area contributed by atoms with Gasteiger partial charge in [0.05, 0.1) is 22.6 Å². The van der Waals surface area contributed by atoms with Crippen LogP contribution >= 0.6 is 11.6 Å². The average molecular weight is 412 g/mol. The number of carbonyl (C=O) groups excluding carboxylic acids is 2. The highest BCUT2D eigenvalue weighted by Gasteiger charge is 2.20. The molecule has 0 radical (unpaired) electrons. The first-order valence-electron chi connectivity index (χ1n) is 7.73. The maximum absolute atomic E-state index is 12.2. The molecule has 0 atom stereocenters. The van der Waals surface area contributed by atoms with E-state index >= 15 is 0 Å². The maximum atomic E-state index is 12.2. The van der Waals surface area contributed by atoms with Gasteiger partial charge in [-0.2, -0.15) is 0 Å². The van der Waals surface area contributed by atoms with E-state index in [1.54, 1.807) is 0 Å². The second kappa shape index (κ2) is 8.51. The van der Waals surface area contributed by atoms with Crippen LogP contribution in [-0.2, 0) is 14.8 Å². The Hall–Kier alpha value is -2.42. The summed E-state index contributed by atoms with van der Waals surface area (Å²) >= 11 is 5.97. The number of ether oxygens (including phenoxy) is 2. The molecule has 2 rings (SSSR count). The SMILES string of the molecule is COc1ccc(C(=O)COC(=O)c2cccc(S(=O)(=O)N(C)C)c2)cc1Cl. The van der Waals surface area contributed by atoms with Crippen LogP contribution in [0.2, 0.25) is 5.02 Å². The summed E-state index contributed by atoms with van der Waals surface area (Å²) in [5, 5.41) is 0.260. The molecule has 0 spiro atoms. The van der Waals surface area contributed by atoms with Crippen LogP contribution in [0.4, 0.5) is 0 Å². The number of rotatable bonds is 7. The van der Waals surface area contributed by atoms with Crippen molar-refractivity contribution in [3.8, 4) is 5.75 Å². The van der Waals surface area contributed by atoms with Gasteiger partial charge in [-0.15, -0.1) is 0 Å². The van der Waals surface area contributed by atoms with E-state index in [0.717, 1.165) is 4.31 Å². The van der Waals surface area contributed by atoms with Gasteiger partial charge < -0.3 is 9.47 Å². The van der Waals surface area contributed by atoms with Crippen LogP contribution < -0.4 is 4.74 Å². The number of halogens is 1. The van der Waals surface area contributed by atoms with E-state index in [1.807, 2.05) is 0 Å². The number of methoxy groups -OCH3 is 1. The van der Waals surface area contributed by atoms with Gasteiger partial charge in [0, 0.05) is 19.7 Å². The lowest BCUT2D eigenvalue weighted by molar-refractivity contribution is 0.0474. The van der Waals surface area contributed by atoms with Gasteiger partial charge >= 0.3 is 5.97 Å². The van der Waals surface area contributed by atoms with Crippen molar-refractivity contribution in [2.45, 2.75) is 4.90 Å². The molecule has 9 heteroatoms. The summed E-state index contributed by atoms with van der Waals surface area (Å²) in [4.78, 5) is 24.3. The number of esters is 1. The predicted octanol–water partition coefficient (Wildman–Crippen LogP) is 2.64. The summed E-state index contributed by atoms with van der Waals surface area (Å²) in [6, 6.07) is 9.87. The van der Waals surface area contributed by atoms with Gasteiger partial charge in [-0.05, 0) is 36.4 Å². The maximum Gasteiger partial charge on any atom is 0.338 e. The van der Waals surface area contributed by atoms with E-state index in [4.69, 9.17) is 21.1 Å². The molecular weight excluding hydrogens is 394 g/mol. The van der Waals surface area contributed by atoms with Gasteiger partial charge in [0.25, 0.3) is 0 Å². The zero-order valence-corrected chi connectivity index (χ0v) is 16.5. The Bertz CT molecular complexity index is 972. The quantitative estimate of drug-likeness (QED) is 0.514. The summed E-state index contributed by atoms with van der Waals surface area (Å²) < 4.78 is 35.3. The molecule has 0 unspecified atom stereocenters. The van der Waals surface area contributed by atoms with Crippen molar-refractivity contribution in [3.05, 3.63) is 58.6 Å². The van der Waals surface area contributed by atoms with Crippen molar-refractivity contribution < 1.29 is 27.5 Å². The normalized spacial score (nSPS) is 11.3. The van der Waals surface area contributed by atoms with Crippen molar-refractivity contribution in [2.24, 2.45) is 0 Å². The van der Waals surface area contributed by atoms with Crippen LogP contribution in [0.15, 0.2) is 47.4 Å². The summed E-state index contributed by atoms with van der Waals surface area (Å²) in [5.41, 5.74) is 0.288. The molecule has 0 amide bonds. The zero-order valence-electron chi connectivity index (χ0n) is 14.9. The summed E-state index contributed by atoms with van der Waals surface area (Å²) in [5.74, 6) is -0.840. The summed E-state index contributed by atoms with van der Waals surface area (Å²) in [6.07, 6.45) is 0. The second-order valence-corrected chi connectivity index (χ2v) is 8.22. The molecule has 144 valence electrons. The van der Waals surface area contributed by atoms with Crippen molar-refractivity contribution in [2.75, 3.05) is 27.8 Å².